The Morgan fingerprint density at radius 3 is 2.45 bits per heavy atom. The number of esters is 1. The first kappa shape index (κ1) is 15.4. The van der Waals surface area contributed by atoms with E-state index in [-0.39, 0.29) is 29.3 Å². The van der Waals surface area contributed by atoms with Crippen molar-refractivity contribution in [2.45, 2.75) is 13.8 Å². The number of benzene rings is 1. The number of carboxylic acid groups (broad SMARTS) is 1. The number of aliphatic hydroxyl groups excluding tert-OH is 1. The first-order valence-electron chi connectivity index (χ1n) is 5.78. The van der Waals surface area contributed by atoms with Crippen LogP contribution in [0.4, 0.5) is 5.69 Å². The number of aliphatic hydroxyl groups is 1. The summed E-state index contributed by atoms with van der Waals surface area (Å²) in [6.07, 6.45) is 0. The van der Waals surface area contributed by atoms with Crippen molar-refractivity contribution in [3.05, 3.63) is 41.3 Å². The summed E-state index contributed by atoms with van der Waals surface area (Å²) in [4.78, 5) is 22.5. The number of nitrogens with zero attached hydrogens (tertiary/aromatic N) is 2. The van der Waals surface area contributed by atoms with Crippen molar-refractivity contribution < 1.29 is 24.5 Å². The van der Waals surface area contributed by atoms with Gasteiger partial charge in [0.1, 0.15) is 11.4 Å². The lowest BCUT2D eigenvalue weighted by Gasteiger charge is -2.03. The average molecular weight is 278 g/mol. The molecule has 0 saturated carbocycles. The third-order valence-corrected chi connectivity index (χ3v) is 2.20. The third-order valence-electron chi connectivity index (χ3n) is 2.20. The molecule has 0 radical (unpaired) electrons. The van der Waals surface area contributed by atoms with Gasteiger partial charge in [-0.25, -0.2) is 9.59 Å². The number of ether oxygens (including phenoxy) is 1. The van der Waals surface area contributed by atoms with Gasteiger partial charge in [-0.05, 0) is 26.0 Å². The van der Waals surface area contributed by atoms with Gasteiger partial charge in [-0.15, -0.1) is 10.2 Å². The molecule has 0 aliphatic carbocycles. The summed E-state index contributed by atoms with van der Waals surface area (Å²) in [6.45, 7) is 2.99. The van der Waals surface area contributed by atoms with Crippen LogP contribution in [0.25, 0.3) is 0 Å². The van der Waals surface area contributed by atoms with Gasteiger partial charge in [0, 0.05) is 0 Å². The second-order valence-corrected chi connectivity index (χ2v) is 3.68. The fourth-order valence-electron chi connectivity index (χ4n) is 1.31. The van der Waals surface area contributed by atoms with Gasteiger partial charge in [-0.1, -0.05) is 12.1 Å². The average Bonchev–Trinajstić information content (AvgIpc) is 2.39. The van der Waals surface area contributed by atoms with E-state index in [1.54, 1.807) is 19.1 Å². The number of hydrogen-bond acceptors (Lipinski definition) is 6. The minimum Gasteiger partial charge on any atom is -0.510 e. The zero-order chi connectivity index (χ0) is 15.1. The summed E-state index contributed by atoms with van der Waals surface area (Å²) in [7, 11) is 0. The standard InChI is InChI=1S/C13H14N2O5/c1-3-20-13(19)11(8(2)16)15-14-10-7-5-4-6-9(10)12(17)18/h4-7,16H,3H2,1-2H3,(H,17,18)/b11-8+,15-14?. The van der Waals surface area contributed by atoms with E-state index in [4.69, 9.17) is 9.84 Å². The molecule has 0 aliphatic heterocycles. The summed E-state index contributed by atoms with van der Waals surface area (Å²) >= 11 is 0. The molecule has 0 fully saturated rings. The zero-order valence-electron chi connectivity index (χ0n) is 11.0. The molecular formula is C13H14N2O5. The molecule has 1 aromatic carbocycles. The number of carboxylic acids is 1. The van der Waals surface area contributed by atoms with Gasteiger partial charge in [0.15, 0.2) is 0 Å². The fraction of sp³-hybridized carbons (Fsp3) is 0.231. The van der Waals surface area contributed by atoms with Crippen LogP contribution in [0.3, 0.4) is 0 Å². The summed E-state index contributed by atoms with van der Waals surface area (Å²) in [5.41, 5.74) is -0.356. The molecule has 0 amide bonds. The Kier molecular flexibility index (Phi) is 5.40. The van der Waals surface area contributed by atoms with Crippen molar-refractivity contribution >= 4 is 17.6 Å². The second kappa shape index (κ2) is 7.03. The minimum atomic E-state index is -1.16. The number of carbonyl (C=O) groups excluding carboxylic acids is 1. The van der Waals surface area contributed by atoms with E-state index in [9.17, 15) is 14.7 Å². The van der Waals surface area contributed by atoms with E-state index < -0.39 is 11.9 Å². The maximum absolute atomic E-state index is 11.5. The van der Waals surface area contributed by atoms with Crippen LogP contribution in [0.1, 0.15) is 24.2 Å². The Morgan fingerprint density at radius 1 is 1.25 bits per heavy atom. The Bertz CT molecular complexity index is 574. The summed E-state index contributed by atoms with van der Waals surface area (Å²) in [6, 6.07) is 5.92. The molecule has 1 rings (SSSR count). The fourth-order valence-corrected chi connectivity index (χ4v) is 1.31. The highest BCUT2D eigenvalue weighted by molar-refractivity contribution is 5.93. The monoisotopic (exact) mass is 278 g/mol. The molecule has 0 saturated heterocycles. The normalized spacial score (nSPS) is 12.1. The van der Waals surface area contributed by atoms with Crippen LogP contribution in [0, 0.1) is 0 Å². The lowest BCUT2D eigenvalue weighted by Crippen LogP contribution is -2.07. The SMILES string of the molecule is CCOC(=O)/C(N=Nc1ccccc1C(=O)O)=C(/C)O. The first-order chi connectivity index (χ1) is 9.47. The van der Waals surface area contributed by atoms with E-state index in [1.165, 1.54) is 19.1 Å². The predicted molar refractivity (Wildman–Crippen MR) is 69.9 cm³/mol. The van der Waals surface area contributed by atoms with Gasteiger partial charge in [0.25, 0.3) is 0 Å². The quantitative estimate of drug-likeness (QED) is 0.372. The Balaban J connectivity index is 3.10. The lowest BCUT2D eigenvalue weighted by atomic mass is 10.2. The van der Waals surface area contributed by atoms with Crippen molar-refractivity contribution in [3.8, 4) is 0 Å². The molecule has 0 atom stereocenters. The van der Waals surface area contributed by atoms with Crippen LogP contribution in [0.5, 0.6) is 0 Å². The minimum absolute atomic E-state index is 0.0601. The summed E-state index contributed by atoms with van der Waals surface area (Å²) < 4.78 is 4.70. The highest BCUT2D eigenvalue weighted by Crippen LogP contribution is 2.20. The van der Waals surface area contributed by atoms with Crippen LogP contribution in [0.2, 0.25) is 0 Å². The molecule has 20 heavy (non-hydrogen) atoms. The molecule has 0 aromatic heterocycles. The number of aromatic carboxylic acids is 1. The molecule has 0 aliphatic rings. The van der Waals surface area contributed by atoms with E-state index in [2.05, 4.69) is 10.2 Å². The second-order valence-electron chi connectivity index (χ2n) is 3.68. The molecule has 0 spiro atoms. The van der Waals surface area contributed by atoms with Gasteiger partial charge in [0.05, 0.1) is 12.2 Å². The van der Waals surface area contributed by atoms with Crippen LogP contribution in [-0.2, 0) is 9.53 Å². The Labute approximate surface area is 115 Å². The maximum atomic E-state index is 11.5. The smallest absolute Gasteiger partial charge is 0.362 e. The third kappa shape index (κ3) is 3.91. The van der Waals surface area contributed by atoms with E-state index in [0.717, 1.165) is 0 Å². The number of carbonyl (C=O) groups is 2. The van der Waals surface area contributed by atoms with E-state index in [0.29, 0.717) is 0 Å². The number of rotatable bonds is 5. The highest BCUT2D eigenvalue weighted by Gasteiger charge is 2.15. The molecule has 7 nitrogen and oxygen atoms in total. The molecule has 0 unspecified atom stereocenters. The topological polar surface area (TPSA) is 109 Å². The van der Waals surface area contributed by atoms with Gasteiger partial charge in [-0.2, -0.15) is 0 Å². The summed E-state index contributed by atoms with van der Waals surface area (Å²) in [5.74, 6) is -2.36. The zero-order valence-corrected chi connectivity index (χ0v) is 11.0. The van der Waals surface area contributed by atoms with Gasteiger partial charge in [-0.3, -0.25) is 0 Å². The predicted octanol–water partition coefficient (Wildman–Crippen LogP) is 2.82. The molecule has 106 valence electrons. The van der Waals surface area contributed by atoms with Crippen LogP contribution in [0.15, 0.2) is 46.0 Å². The molecule has 2 N–H and O–H groups in total. The highest BCUT2D eigenvalue weighted by atomic mass is 16.5. The maximum Gasteiger partial charge on any atom is 0.362 e. The van der Waals surface area contributed by atoms with Crippen molar-refractivity contribution in [1.29, 1.82) is 0 Å². The molecule has 0 heterocycles. The molecule has 1 aromatic rings. The number of azo groups is 1. The van der Waals surface area contributed by atoms with Gasteiger partial charge < -0.3 is 14.9 Å². The van der Waals surface area contributed by atoms with Crippen molar-refractivity contribution in [3.63, 3.8) is 0 Å². The number of hydrogen-bond donors (Lipinski definition) is 2. The largest absolute Gasteiger partial charge is 0.510 e. The van der Waals surface area contributed by atoms with Crippen molar-refractivity contribution in [1.82, 2.24) is 0 Å². The lowest BCUT2D eigenvalue weighted by molar-refractivity contribution is -0.138. The summed E-state index contributed by atoms with van der Waals surface area (Å²) in [5, 5.41) is 25.6. The van der Waals surface area contributed by atoms with Crippen LogP contribution in [-0.4, -0.2) is 28.8 Å². The van der Waals surface area contributed by atoms with Crippen molar-refractivity contribution in [2.24, 2.45) is 10.2 Å². The van der Waals surface area contributed by atoms with Crippen LogP contribution < -0.4 is 0 Å². The number of allylic oxidation sites excluding steroid dienone is 1. The molecule has 0 bridgehead atoms. The van der Waals surface area contributed by atoms with Crippen LogP contribution >= 0.6 is 0 Å². The van der Waals surface area contributed by atoms with E-state index in [1.807, 2.05) is 0 Å². The Hall–Kier alpha value is -2.70. The Morgan fingerprint density at radius 2 is 1.90 bits per heavy atom. The van der Waals surface area contributed by atoms with E-state index >= 15 is 0 Å². The van der Waals surface area contributed by atoms with Crippen molar-refractivity contribution in [2.75, 3.05) is 6.61 Å². The van der Waals surface area contributed by atoms with Gasteiger partial charge in [0.2, 0.25) is 5.70 Å². The molecule has 7 heteroatoms. The first-order valence-corrected chi connectivity index (χ1v) is 5.78. The molecular weight excluding hydrogens is 264 g/mol. The van der Waals surface area contributed by atoms with Gasteiger partial charge >= 0.3 is 11.9 Å².